The second-order valence-corrected chi connectivity index (χ2v) is 7.20. The summed E-state index contributed by atoms with van der Waals surface area (Å²) in [4.78, 5) is 12.9. The summed E-state index contributed by atoms with van der Waals surface area (Å²) in [5.74, 6) is 0.864. The Hall–Kier alpha value is -1.36. The summed E-state index contributed by atoms with van der Waals surface area (Å²) in [7, 11) is 1.89. The average molecular weight is 383 g/mol. The number of hydrogen-bond donors (Lipinski definition) is 2. The Kier molecular flexibility index (Phi) is 7.76. The summed E-state index contributed by atoms with van der Waals surface area (Å²) in [6.07, 6.45) is 1.24. The second kappa shape index (κ2) is 9.82. The molecular weight excluding hydrogens is 363 g/mol. The summed E-state index contributed by atoms with van der Waals surface area (Å²) >= 11 is 13.5. The van der Waals surface area contributed by atoms with Crippen molar-refractivity contribution in [3.8, 4) is 0 Å². The van der Waals surface area contributed by atoms with E-state index in [9.17, 15) is 4.79 Å². The summed E-state index contributed by atoms with van der Waals surface area (Å²) in [5.41, 5.74) is 2.23. The highest BCUT2D eigenvalue weighted by Gasteiger charge is 2.03. The number of rotatable bonds is 8. The van der Waals surface area contributed by atoms with Gasteiger partial charge in [0.25, 0.3) is 0 Å². The first-order chi connectivity index (χ1) is 11.6. The predicted molar refractivity (Wildman–Crippen MR) is 105 cm³/mol. The van der Waals surface area contributed by atoms with E-state index in [1.54, 1.807) is 17.8 Å². The van der Waals surface area contributed by atoms with Gasteiger partial charge in [-0.25, -0.2) is 0 Å². The van der Waals surface area contributed by atoms with E-state index in [4.69, 9.17) is 23.2 Å². The van der Waals surface area contributed by atoms with Gasteiger partial charge in [0.15, 0.2) is 0 Å². The Bertz CT molecular complexity index is 677. The molecule has 2 aromatic rings. The molecule has 0 atom stereocenters. The van der Waals surface area contributed by atoms with Gasteiger partial charge in [-0.1, -0.05) is 35.3 Å². The lowest BCUT2D eigenvalue weighted by Crippen LogP contribution is -2.25. The van der Waals surface area contributed by atoms with Gasteiger partial charge >= 0.3 is 0 Å². The first kappa shape index (κ1) is 19.0. The fraction of sp³-hybridized carbons (Fsp3) is 0.278. The number of carbonyl (C=O) groups excluding carboxylic acids is 1. The van der Waals surface area contributed by atoms with Crippen LogP contribution in [0.1, 0.15) is 12.0 Å². The molecule has 0 radical (unpaired) electrons. The van der Waals surface area contributed by atoms with E-state index in [1.807, 2.05) is 43.4 Å². The van der Waals surface area contributed by atoms with Crippen molar-refractivity contribution in [1.82, 2.24) is 5.32 Å². The van der Waals surface area contributed by atoms with Gasteiger partial charge in [0.05, 0.1) is 10.0 Å². The number of aryl methyl sites for hydroxylation is 1. The SMILES string of the molecule is CNc1ccc(CCC(=O)NCCSc2ccc(Cl)c(Cl)c2)cc1. The number of halogens is 2. The van der Waals surface area contributed by atoms with Gasteiger partial charge in [0, 0.05) is 36.3 Å². The van der Waals surface area contributed by atoms with Crippen LogP contribution in [0.3, 0.4) is 0 Å². The molecule has 0 bridgehead atoms. The number of carbonyl (C=O) groups is 1. The van der Waals surface area contributed by atoms with Gasteiger partial charge in [-0.3, -0.25) is 4.79 Å². The average Bonchev–Trinajstić information content (AvgIpc) is 2.60. The van der Waals surface area contributed by atoms with Crippen molar-refractivity contribution in [3.63, 3.8) is 0 Å². The maximum atomic E-state index is 11.9. The number of benzene rings is 2. The first-order valence-electron chi connectivity index (χ1n) is 7.69. The van der Waals surface area contributed by atoms with Crippen molar-refractivity contribution in [1.29, 1.82) is 0 Å². The van der Waals surface area contributed by atoms with E-state index in [0.717, 1.165) is 28.3 Å². The number of thioether (sulfide) groups is 1. The third-order valence-electron chi connectivity index (χ3n) is 3.47. The van der Waals surface area contributed by atoms with Crippen LogP contribution < -0.4 is 10.6 Å². The fourth-order valence-corrected chi connectivity index (χ4v) is 3.28. The van der Waals surface area contributed by atoms with Crippen molar-refractivity contribution < 1.29 is 4.79 Å². The summed E-state index contributed by atoms with van der Waals surface area (Å²) in [6.45, 7) is 0.627. The third-order valence-corrected chi connectivity index (χ3v) is 5.20. The molecule has 0 spiro atoms. The maximum absolute atomic E-state index is 11.9. The van der Waals surface area contributed by atoms with E-state index in [0.29, 0.717) is 23.0 Å². The third kappa shape index (κ3) is 6.27. The molecular formula is C18H20Cl2N2OS. The number of hydrogen-bond acceptors (Lipinski definition) is 3. The molecule has 2 aromatic carbocycles. The highest BCUT2D eigenvalue weighted by Crippen LogP contribution is 2.27. The summed E-state index contributed by atoms with van der Waals surface area (Å²) in [6, 6.07) is 13.7. The molecule has 0 heterocycles. The van der Waals surface area contributed by atoms with Crippen LogP contribution in [0.15, 0.2) is 47.4 Å². The lowest BCUT2D eigenvalue weighted by atomic mass is 10.1. The van der Waals surface area contributed by atoms with Crippen LogP contribution in [0.25, 0.3) is 0 Å². The number of amides is 1. The van der Waals surface area contributed by atoms with Gasteiger partial charge < -0.3 is 10.6 Å². The molecule has 24 heavy (non-hydrogen) atoms. The van der Waals surface area contributed by atoms with Crippen molar-refractivity contribution >= 4 is 46.6 Å². The van der Waals surface area contributed by atoms with Gasteiger partial charge in [-0.2, -0.15) is 0 Å². The molecule has 0 aliphatic carbocycles. The highest BCUT2D eigenvalue weighted by molar-refractivity contribution is 7.99. The van der Waals surface area contributed by atoms with Crippen LogP contribution in [0.2, 0.25) is 10.0 Å². The normalized spacial score (nSPS) is 10.5. The first-order valence-corrected chi connectivity index (χ1v) is 9.44. The second-order valence-electron chi connectivity index (χ2n) is 5.22. The Morgan fingerprint density at radius 3 is 2.50 bits per heavy atom. The summed E-state index contributed by atoms with van der Waals surface area (Å²) < 4.78 is 0. The van der Waals surface area contributed by atoms with Gasteiger partial charge in [-0.05, 0) is 42.3 Å². The molecule has 3 nitrogen and oxygen atoms in total. The molecule has 0 saturated carbocycles. The van der Waals surface area contributed by atoms with Crippen LogP contribution in [-0.2, 0) is 11.2 Å². The van der Waals surface area contributed by atoms with E-state index in [1.165, 1.54) is 0 Å². The minimum absolute atomic E-state index is 0.0717. The molecule has 128 valence electrons. The van der Waals surface area contributed by atoms with E-state index >= 15 is 0 Å². The van der Waals surface area contributed by atoms with Crippen molar-refractivity contribution in [2.45, 2.75) is 17.7 Å². The van der Waals surface area contributed by atoms with Crippen molar-refractivity contribution in [2.24, 2.45) is 0 Å². The van der Waals surface area contributed by atoms with E-state index in [-0.39, 0.29) is 5.91 Å². The van der Waals surface area contributed by atoms with Crippen LogP contribution in [0.4, 0.5) is 5.69 Å². The molecule has 6 heteroatoms. The molecule has 0 aromatic heterocycles. The number of nitrogens with one attached hydrogen (secondary N) is 2. The van der Waals surface area contributed by atoms with Crippen molar-refractivity contribution in [2.75, 3.05) is 24.7 Å². The molecule has 0 unspecified atom stereocenters. The Morgan fingerprint density at radius 1 is 1.08 bits per heavy atom. The zero-order chi connectivity index (χ0) is 17.4. The molecule has 2 N–H and O–H groups in total. The zero-order valence-corrected chi connectivity index (χ0v) is 15.8. The largest absolute Gasteiger partial charge is 0.388 e. The molecule has 0 aliphatic heterocycles. The molecule has 1 amide bonds. The van der Waals surface area contributed by atoms with Crippen LogP contribution in [-0.4, -0.2) is 25.3 Å². The number of anilines is 1. The topological polar surface area (TPSA) is 41.1 Å². The monoisotopic (exact) mass is 382 g/mol. The lowest BCUT2D eigenvalue weighted by molar-refractivity contribution is -0.120. The Labute approximate surface area is 157 Å². The maximum Gasteiger partial charge on any atom is 0.220 e. The van der Waals surface area contributed by atoms with Crippen LogP contribution in [0.5, 0.6) is 0 Å². The highest BCUT2D eigenvalue weighted by atomic mass is 35.5. The van der Waals surface area contributed by atoms with E-state index in [2.05, 4.69) is 10.6 Å². The van der Waals surface area contributed by atoms with Crippen molar-refractivity contribution in [3.05, 3.63) is 58.1 Å². The zero-order valence-electron chi connectivity index (χ0n) is 13.4. The fourth-order valence-electron chi connectivity index (χ4n) is 2.11. The van der Waals surface area contributed by atoms with E-state index < -0.39 is 0 Å². The molecule has 0 fully saturated rings. The summed E-state index contributed by atoms with van der Waals surface area (Å²) in [5, 5.41) is 7.12. The van der Waals surface area contributed by atoms with Gasteiger partial charge in [0.2, 0.25) is 5.91 Å². The van der Waals surface area contributed by atoms with Gasteiger partial charge in [0.1, 0.15) is 0 Å². The van der Waals surface area contributed by atoms with Crippen LogP contribution in [0, 0.1) is 0 Å². The minimum atomic E-state index is 0.0717. The Balaban J connectivity index is 1.64. The quantitative estimate of drug-likeness (QED) is 0.505. The minimum Gasteiger partial charge on any atom is -0.388 e. The van der Waals surface area contributed by atoms with Gasteiger partial charge in [-0.15, -0.1) is 11.8 Å². The molecule has 2 rings (SSSR count). The predicted octanol–water partition coefficient (Wildman–Crippen LogP) is 4.88. The molecule has 0 saturated heterocycles. The molecule has 0 aliphatic rings. The van der Waals surface area contributed by atoms with Crippen LogP contribution >= 0.6 is 35.0 Å². The standard InChI is InChI=1S/C18H20Cl2N2OS/c1-21-14-5-2-13(3-6-14)4-9-18(23)22-10-11-24-15-7-8-16(19)17(20)12-15/h2-3,5-8,12,21H,4,9-11H2,1H3,(H,22,23). The Morgan fingerprint density at radius 2 is 1.83 bits per heavy atom. The smallest absolute Gasteiger partial charge is 0.220 e. The lowest BCUT2D eigenvalue weighted by Gasteiger charge is -2.07.